The van der Waals surface area contributed by atoms with E-state index in [2.05, 4.69) is 26.2 Å². The Morgan fingerprint density at radius 1 is 1.32 bits per heavy atom. The summed E-state index contributed by atoms with van der Waals surface area (Å²) in [5, 5.41) is 8.25. The van der Waals surface area contributed by atoms with Crippen LogP contribution in [0.1, 0.15) is 6.92 Å². The second-order valence-electron chi connectivity index (χ2n) is 5.78. The highest BCUT2D eigenvalue weighted by Gasteiger charge is 2.20. The van der Waals surface area contributed by atoms with E-state index < -0.39 is 10.0 Å². The lowest BCUT2D eigenvalue weighted by Crippen LogP contribution is -2.52. The lowest BCUT2D eigenvalue weighted by Gasteiger charge is -2.37. The smallest absolute Gasteiger partial charge is 0.210 e. The minimum Gasteiger partial charge on any atom is -0.497 e. The number of rotatable bonds is 6. The Balaban J connectivity index is 1.96. The number of guanidine groups is 1. The fraction of sp³-hybridized carbons (Fsp3) is 0.562. The average molecular weight is 369 g/mol. The Labute approximate surface area is 149 Å². The number of ether oxygens (including phenoxy) is 1. The highest BCUT2D eigenvalue weighted by atomic mass is 32.2. The van der Waals surface area contributed by atoms with Gasteiger partial charge in [-0.05, 0) is 19.1 Å². The Hall–Kier alpha value is -2.00. The molecule has 1 fully saturated rings. The molecular weight excluding hydrogens is 342 g/mol. The van der Waals surface area contributed by atoms with Crippen LogP contribution in [0.4, 0.5) is 5.69 Å². The molecule has 8 nitrogen and oxygen atoms in total. The van der Waals surface area contributed by atoms with Gasteiger partial charge in [0.2, 0.25) is 10.0 Å². The van der Waals surface area contributed by atoms with Gasteiger partial charge >= 0.3 is 0 Å². The number of hydrogen-bond donors (Lipinski definition) is 2. The predicted octanol–water partition coefficient (Wildman–Crippen LogP) is 0.0712. The van der Waals surface area contributed by atoms with E-state index >= 15 is 0 Å². The first-order valence-corrected chi connectivity index (χ1v) is 10.1. The molecule has 1 heterocycles. The van der Waals surface area contributed by atoms with Crippen LogP contribution in [0.5, 0.6) is 5.75 Å². The van der Waals surface area contributed by atoms with Crippen LogP contribution in [0.2, 0.25) is 0 Å². The minimum absolute atomic E-state index is 0.147. The van der Waals surface area contributed by atoms with Crippen molar-refractivity contribution in [1.29, 1.82) is 0 Å². The molecule has 1 aromatic carbocycles. The number of methoxy groups -OCH3 is 1. The number of anilines is 1. The molecule has 1 aliphatic rings. The molecule has 3 N–H and O–H groups in total. The topological polar surface area (TPSA) is 100 Å². The van der Waals surface area contributed by atoms with Crippen molar-refractivity contribution in [2.24, 2.45) is 10.1 Å². The van der Waals surface area contributed by atoms with E-state index in [0.29, 0.717) is 0 Å². The number of nitrogens with two attached hydrogens (primary N) is 1. The molecular formula is C16H27N5O3S. The monoisotopic (exact) mass is 369 g/mol. The van der Waals surface area contributed by atoms with Gasteiger partial charge in [0.1, 0.15) is 5.75 Å². The van der Waals surface area contributed by atoms with Crippen LogP contribution in [-0.4, -0.2) is 71.4 Å². The zero-order chi connectivity index (χ0) is 18.3. The molecule has 0 unspecified atom stereocenters. The quantitative estimate of drug-likeness (QED) is 0.544. The van der Waals surface area contributed by atoms with Crippen LogP contribution < -0.4 is 20.1 Å². The maximum Gasteiger partial charge on any atom is 0.210 e. The molecule has 0 radical (unpaired) electrons. The molecule has 0 spiro atoms. The fourth-order valence-corrected chi connectivity index (χ4v) is 3.03. The maximum atomic E-state index is 11.1. The van der Waals surface area contributed by atoms with Gasteiger partial charge < -0.3 is 19.9 Å². The molecule has 0 bridgehead atoms. The molecule has 1 aliphatic heterocycles. The molecule has 1 saturated heterocycles. The van der Waals surface area contributed by atoms with E-state index in [9.17, 15) is 8.42 Å². The van der Waals surface area contributed by atoms with Crippen molar-refractivity contribution in [2.45, 2.75) is 6.92 Å². The van der Waals surface area contributed by atoms with E-state index in [0.717, 1.165) is 50.1 Å². The number of benzene rings is 1. The van der Waals surface area contributed by atoms with Crippen molar-refractivity contribution >= 4 is 21.7 Å². The summed E-state index contributed by atoms with van der Waals surface area (Å²) in [5.74, 6) is 1.43. The van der Waals surface area contributed by atoms with E-state index in [1.165, 1.54) is 0 Å². The maximum absolute atomic E-state index is 11.1. The molecule has 1 aromatic rings. The lowest BCUT2D eigenvalue weighted by molar-refractivity contribution is 0.372. The standard InChI is InChI=1S/C16H27N5O3S/c1-3-18-16(19-7-12-25(17,22)23)21-10-8-20(9-11-21)14-5-4-6-15(13-14)24-2/h4-6,13H,3,7-12H2,1-2H3,(H,18,19)(H2,17,22,23). The SMILES string of the molecule is CCNC(=NCCS(N)(=O)=O)N1CCN(c2cccc(OC)c2)CC1. The Morgan fingerprint density at radius 2 is 2.04 bits per heavy atom. The van der Waals surface area contributed by atoms with Crippen molar-refractivity contribution in [1.82, 2.24) is 10.2 Å². The van der Waals surface area contributed by atoms with Crippen LogP contribution in [-0.2, 0) is 10.0 Å². The van der Waals surface area contributed by atoms with Crippen LogP contribution in [0, 0.1) is 0 Å². The first-order chi connectivity index (χ1) is 11.9. The number of sulfonamides is 1. The van der Waals surface area contributed by atoms with Gasteiger partial charge in [0.05, 0.1) is 19.4 Å². The fourth-order valence-electron chi connectivity index (χ4n) is 2.69. The summed E-state index contributed by atoms with van der Waals surface area (Å²) in [6.45, 7) is 6.19. The third-order valence-corrected chi connectivity index (χ3v) is 4.72. The molecule has 25 heavy (non-hydrogen) atoms. The Bertz CT molecular complexity index is 685. The highest BCUT2D eigenvalue weighted by molar-refractivity contribution is 7.89. The predicted molar refractivity (Wildman–Crippen MR) is 101 cm³/mol. The zero-order valence-electron chi connectivity index (χ0n) is 14.8. The van der Waals surface area contributed by atoms with Crippen LogP contribution in [0.25, 0.3) is 0 Å². The number of hydrogen-bond acceptors (Lipinski definition) is 5. The largest absolute Gasteiger partial charge is 0.497 e. The van der Waals surface area contributed by atoms with Crippen molar-refractivity contribution in [3.63, 3.8) is 0 Å². The van der Waals surface area contributed by atoms with E-state index in [-0.39, 0.29) is 12.3 Å². The Kier molecular flexibility index (Phi) is 6.89. The number of primary sulfonamides is 1. The van der Waals surface area contributed by atoms with Gasteiger partial charge in [0.15, 0.2) is 5.96 Å². The second kappa shape index (κ2) is 8.91. The first kappa shape index (κ1) is 19.3. The van der Waals surface area contributed by atoms with E-state index in [4.69, 9.17) is 9.88 Å². The second-order valence-corrected chi connectivity index (χ2v) is 7.51. The normalized spacial score (nSPS) is 16.0. The van der Waals surface area contributed by atoms with Crippen molar-refractivity contribution < 1.29 is 13.2 Å². The highest BCUT2D eigenvalue weighted by Crippen LogP contribution is 2.22. The number of nitrogens with one attached hydrogen (secondary N) is 1. The summed E-state index contributed by atoms with van der Waals surface area (Å²) >= 11 is 0. The van der Waals surface area contributed by atoms with Gasteiger partial charge in [-0.25, -0.2) is 13.6 Å². The van der Waals surface area contributed by atoms with Gasteiger partial charge in [0, 0.05) is 44.5 Å². The summed E-state index contributed by atoms with van der Waals surface area (Å²) < 4.78 is 27.4. The minimum atomic E-state index is -3.49. The van der Waals surface area contributed by atoms with Crippen molar-refractivity contribution in [2.75, 3.05) is 57.0 Å². The van der Waals surface area contributed by atoms with Gasteiger partial charge in [-0.1, -0.05) is 6.07 Å². The lowest BCUT2D eigenvalue weighted by atomic mass is 10.2. The van der Waals surface area contributed by atoms with Crippen molar-refractivity contribution in [3.05, 3.63) is 24.3 Å². The van der Waals surface area contributed by atoms with Crippen LogP contribution >= 0.6 is 0 Å². The third kappa shape index (κ3) is 6.09. The van der Waals surface area contributed by atoms with Gasteiger partial charge in [0.25, 0.3) is 0 Å². The Morgan fingerprint density at radius 3 is 2.64 bits per heavy atom. The molecule has 2 rings (SSSR count). The zero-order valence-corrected chi connectivity index (χ0v) is 15.6. The van der Waals surface area contributed by atoms with Gasteiger partial charge in [-0.2, -0.15) is 0 Å². The summed E-state index contributed by atoms with van der Waals surface area (Å²) in [5.41, 5.74) is 1.13. The summed E-state index contributed by atoms with van der Waals surface area (Å²) in [6.07, 6.45) is 0. The average Bonchev–Trinajstić information content (AvgIpc) is 2.60. The molecule has 0 saturated carbocycles. The molecule has 0 aromatic heterocycles. The number of piperazine rings is 1. The van der Waals surface area contributed by atoms with Crippen LogP contribution in [0.3, 0.4) is 0 Å². The van der Waals surface area contributed by atoms with Gasteiger partial charge in [-0.15, -0.1) is 0 Å². The first-order valence-electron chi connectivity index (χ1n) is 8.35. The molecule has 0 atom stereocenters. The number of aliphatic imine (C=N–C) groups is 1. The molecule has 140 valence electrons. The van der Waals surface area contributed by atoms with E-state index in [1.807, 2.05) is 25.1 Å². The van der Waals surface area contributed by atoms with E-state index in [1.54, 1.807) is 7.11 Å². The van der Waals surface area contributed by atoms with Crippen molar-refractivity contribution in [3.8, 4) is 5.75 Å². The number of nitrogens with zero attached hydrogens (tertiary/aromatic N) is 3. The molecule has 0 amide bonds. The molecule has 0 aliphatic carbocycles. The summed E-state index contributed by atoms with van der Waals surface area (Å²) in [4.78, 5) is 8.82. The summed E-state index contributed by atoms with van der Waals surface area (Å²) in [7, 11) is -1.83. The summed E-state index contributed by atoms with van der Waals surface area (Å²) in [6, 6.07) is 8.02. The molecule has 9 heteroatoms. The van der Waals surface area contributed by atoms with Crippen LogP contribution in [0.15, 0.2) is 29.3 Å². The third-order valence-electron chi connectivity index (χ3n) is 3.97. The van der Waals surface area contributed by atoms with Gasteiger partial charge in [-0.3, -0.25) is 4.99 Å².